The third-order valence-electron chi connectivity index (χ3n) is 5.13. The third kappa shape index (κ3) is 3.18. The van der Waals surface area contributed by atoms with Crippen molar-refractivity contribution in [1.82, 2.24) is 10.2 Å². The molecule has 156 valence electrons. The number of rotatable bonds is 6. The van der Waals surface area contributed by atoms with Crippen molar-refractivity contribution in [2.75, 3.05) is 13.2 Å². The second-order valence-corrected chi connectivity index (χ2v) is 9.50. The third-order valence-corrected chi connectivity index (χ3v) is 7.88. The highest BCUT2D eigenvalue weighted by molar-refractivity contribution is 7.94. The van der Waals surface area contributed by atoms with Crippen LogP contribution in [0.5, 0.6) is 5.75 Å². The van der Waals surface area contributed by atoms with Gasteiger partial charge in [0.2, 0.25) is 5.91 Å². The average Bonchev–Trinajstić information content (AvgIpc) is 2.79. The maximum absolute atomic E-state index is 12.7. The van der Waals surface area contributed by atoms with Crippen molar-refractivity contribution in [3.63, 3.8) is 0 Å². The number of sulfone groups is 1. The maximum atomic E-state index is 12.7. The number of Topliss-reactive ketones (excluding diaryl/α,β-unsaturated/α-hetero) is 1. The Morgan fingerprint density at radius 3 is 2.55 bits per heavy atom. The van der Waals surface area contributed by atoms with E-state index in [9.17, 15) is 37.8 Å². The first-order valence-electron chi connectivity index (χ1n) is 8.50. The summed E-state index contributed by atoms with van der Waals surface area (Å²) in [5, 5.41) is 19.9. The van der Waals surface area contributed by atoms with E-state index in [0.29, 0.717) is 0 Å². The number of aliphatic carboxylic acids is 1. The van der Waals surface area contributed by atoms with E-state index >= 15 is 0 Å². The number of aromatic hydroxyl groups is 1. The van der Waals surface area contributed by atoms with Gasteiger partial charge in [0.25, 0.3) is 0 Å². The van der Waals surface area contributed by atoms with Gasteiger partial charge in [-0.05, 0) is 19.1 Å². The number of β-lactam (4-membered cyclic amide) rings is 1. The summed E-state index contributed by atoms with van der Waals surface area (Å²) < 4.78 is 28.2. The van der Waals surface area contributed by atoms with E-state index in [4.69, 9.17) is 4.74 Å². The number of fused-ring (bicyclic) bond motifs is 1. The van der Waals surface area contributed by atoms with Crippen LogP contribution in [-0.2, 0) is 24.2 Å². The van der Waals surface area contributed by atoms with Crippen LogP contribution < -0.4 is 5.32 Å². The molecule has 0 saturated carbocycles. The fourth-order valence-corrected chi connectivity index (χ4v) is 5.76. The molecule has 0 aliphatic carbocycles. The summed E-state index contributed by atoms with van der Waals surface area (Å²) in [4.78, 5) is 48.0. The summed E-state index contributed by atoms with van der Waals surface area (Å²) >= 11 is 0. The van der Waals surface area contributed by atoms with Gasteiger partial charge < -0.3 is 25.2 Å². The lowest BCUT2D eigenvalue weighted by Gasteiger charge is -2.35. The van der Waals surface area contributed by atoms with Crippen molar-refractivity contribution in [3.05, 3.63) is 29.8 Å². The highest BCUT2D eigenvalue weighted by atomic mass is 32.2. The van der Waals surface area contributed by atoms with Gasteiger partial charge in [0, 0.05) is 0 Å². The van der Waals surface area contributed by atoms with Crippen LogP contribution in [0.3, 0.4) is 0 Å². The first-order chi connectivity index (χ1) is 13.5. The van der Waals surface area contributed by atoms with E-state index in [-0.39, 0.29) is 17.7 Å². The molecule has 2 aliphatic rings. The quantitative estimate of drug-likeness (QED) is 0.401. The topological polar surface area (TPSA) is 167 Å². The summed E-state index contributed by atoms with van der Waals surface area (Å²) in [5.41, 5.74) is -0.0213. The van der Waals surface area contributed by atoms with Crippen molar-refractivity contribution >= 4 is 33.6 Å². The first-order valence-corrected chi connectivity index (χ1v) is 10.0. The van der Waals surface area contributed by atoms with Crippen LogP contribution in [-0.4, -0.2) is 76.6 Å². The van der Waals surface area contributed by atoms with E-state index in [0.717, 1.165) is 11.8 Å². The summed E-state index contributed by atoms with van der Waals surface area (Å²) in [7, 11) is -4.11. The lowest BCUT2D eigenvalue weighted by molar-refractivity contribution is -0.158. The molecule has 3 atom stereocenters. The van der Waals surface area contributed by atoms with Crippen LogP contribution in [0.4, 0.5) is 4.79 Å². The summed E-state index contributed by atoms with van der Waals surface area (Å²) in [6, 6.07) is 4.01. The first kappa shape index (κ1) is 20.6. The van der Waals surface area contributed by atoms with Crippen LogP contribution in [0.1, 0.15) is 23.7 Å². The Morgan fingerprint density at radius 1 is 1.31 bits per heavy atom. The molecule has 12 heteroatoms. The molecule has 0 bridgehead atoms. The molecular formula is C17H18N2O9S. The van der Waals surface area contributed by atoms with Gasteiger partial charge in [-0.3, -0.25) is 9.59 Å². The lowest BCUT2D eigenvalue weighted by Crippen LogP contribution is -2.58. The minimum absolute atomic E-state index is 0.0213. The maximum Gasteiger partial charge on any atom is 0.407 e. The number of carbonyl (C=O) groups excluding carboxylic acids is 3. The molecule has 0 aromatic heterocycles. The van der Waals surface area contributed by atoms with E-state index in [1.165, 1.54) is 24.3 Å². The molecule has 2 saturated heterocycles. The summed E-state index contributed by atoms with van der Waals surface area (Å²) in [5.74, 6) is -3.01. The number of nitrogens with zero attached hydrogens (tertiary/aromatic N) is 1. The fraction of sp³-hybridized carbons (Fsp3) is 0.412. The fourth-order valence-electron chi connectivity index (χ4n) is 3.49. The normalized spacial score (nSPS) is 26.9. The Bertz CT molecular complexity index is 1010. The number of para-hydroxylation sites is 1. The lowest BCUT2D eigenvalue weighted by atomic mass is 9.97. The number of benzene rings is 1. The zero-order valence-corrected chi connectivity index (χ0v) is 16.0. The van der Waals surface area contributed by atoms with Gasteiger partial charge in [0.1, 0.15) is 22.5 Å². The molecule has 0 spiro atoms. The van der Waals surface area contributed by atoms with Gasteiger partial charge >= 0.3 is 12.1 Å². The van der Waals surface area contributed by atoms with Crippen LogP contribution in [0.2, 0.25) is 0 Å². The molecule has 0 unspecified atom stereocenters. The van der Waals surface area contributed by atoms with E-state index in [1.54, 1.807) is 0 Å². The zero-order valence-electron chi connectivity index (χ0n) is 15.2. The zero-order chi connectivity index (χ0) is 21.6. The average molecular weight is 426 g/mol. The molecule has 1 aromatic rings. The molecule has 2 fully saturated rings. The van der Waals surface area contributed by atoms with Crippen molar-refractivity contribution in [2.45, 2.75) is 29.5 Å². The number of carboxylic acid groups (broad SMARTS) is 1. The van der Waals surface area contributed by atoms with Gasteiger partial charge in [-0.25, -0.2) is 18.0 Å². The van der Waals surface area contributed by atoms with Crippen molar-refractivity contribution in [1.29, 1.82) is 0 Å². The molecule has 2 aliphatic heterocycles. The Balaban J connectivity index is 1.66. The van der Waals surface area contributed by atoms with Gasteiger partial charge in [0.15, 0.2) is 21.7 Å². The number of alkyl carbamates (subject to hydrolysis) is 1. The number of amides is 2. The Morgan fingerprint density at radius 2 is 1.97 bits per heavy atom. The molecule has 1 aromatic carbocycles. The van der Waals surface area contributed by atoms with Gasteiger partial charge in [-0.1, -0.05) is 12.1 Å². The van der Waals surface area contributed by atoms with Crippen LogP contribution in [0, 0.1) is 0 Å². The number of carboxylic acids is 1. The number of phenolic OH excluding ortho intramolecular Hbond substituents is 1. The Kier molecular flexibility index (Phi) is 4.99. The van der Waals surface area contributed by atoms with Crippen LogP contribution >= 0.6 is 0 Å². The smallest absolute Gasteiger partial charge is 0.407 e. The van der Waals surface area contributed by atoms with Gasteiger partial charge in [0.05, 0.1) is 18.5 Å². The molecule has 0 radical (unpaired) electrons. The molecule has 3 rings (SSSR count). The standard InChI is InChI=1S/C17H18N2O9S/c1-17(14(15(23)24)19-12(22)6-13(19)29(17,26)27)8-28-16(25)18-7-11(21)9-4-2-3-5-10(9)20/h2-5,13-14,20H,6-8H2,1H3,(H,18,25)(H,23,24)/t13-,14+,17+/m1/s1. The van der Waals surface area contributed by atoms with Crippen molar-refractivity contribution in [2.24, 2.45) is 0 Å². The summed E-state index contributed by atoms with van der Waals surface area (Å²) in [6.07, 6.45) is -1.46. The highest BCUT2D eigenvalue weighted by Crippen LogP contribution is 2.46. The molecule has 3 N–H and O–H groups in total. The SMILES string of the molecule is C[C@]1(COC(=O)NCC(=O)c2ccccc2O)[C@H](C(=O)O)N2C(=O)C[C@H]2S1(=O)=O. The largest absolute Gasteiger partial charge is 0.507 e. The second kappa shape index (κ2) is 7.03. The van der Waals surface area contributed by atoms with Gasteiger partial charge in [-0.2, -0.15) is 0 Å². The minimum atomic E-state index is -4.11. The Labute approximate surface area is 165 Å². The number of phenols is 1. The van der Waals surface area contributed by atoms with Crippen molar-refractivity contribution < 1.29 is 42.5 Å². The molecular weight excluding hydrogens is 408 g/mol. The van der Waals surface area contributed by atoms with E-state index in [2.05, 4.69) is 5.32 Å². The predicted octanol–water partition coefficient (Wildman–Crippen LogP) is -0.500. The second-order valence-electron chi connectivity index (χ2n) is 6.93. The highest BCUT2D eigenvalue weighted by Gasteiger charge is 2.70. The Hall–Kier alpha value is -3.15. The van der Waals surface area contributed by atoms with Crippen molar-refractivity contribution in [3.8, 4) is 5.75 Å². The van der Waals surface area contributed by atoms with Crippen LogP contribution in [0.15, 0.2) is 24.3 Å². The van der Waals surface area contributed by atoms with Crippen LogP contribution in [0.25, 0.3) is 0 Å². The van der Waals surface area contributed by atoms with E-state index < -0.39 is 62.9 Å². The number of hydrogen-bond acceptors (Lipinski definition) is 8. The number of nitrogens with one attached hydrogen (secondary N) is 1. The number of hydrogen-bond donors (Lipinski definition) is 3. The van der Waals surface area contributed by atoms with E-state index in [1.807, 2.05) is 0 Å². The minimum Gasteiger partial charge on any atom is -0.507 e. The number of ether oxygens (including phenoxy) is 1. The monoisotopic (exact) mass is 426 g/mol. The predicted molar refractivity (Wildman–Crippen MR) is 95.8 cm³/mol. The number of carbonyl (C=O) groups is 4. The molecule has 2 heterocycles. The molecule has 11 nitrogen and oxygen atoms in total. The molecule has 2 amide bonds. The number of ketones is 1. The summed E-state index contributed by atoms with van der Waals surface area (Å²) in [6.45, 7) is -0.244. The van der Waals surface area contributed by atoms with Gasteiger partial charge in [-0.15, -0.1) is 0 Å². The molecule has 29 heavy (non-hydrogen) atoms.